The Hall–Kier alpha value is -0.960. The number of rotatable bonds is 4. The summed E-state index contributed by atoms with van der Waals surface area (Å²) in [6.07, 6.45) is 2.71. The number of nitrogen functional groups attached to an aromatic ring is 1. The predicted molar refractivity (Wildman–Crippen MR) is 66.2 cm³/mol. The SMILES string of the molecule is CCC(C)(C)CNc1ncc(N)cc1Cl. The lowest BCUT2D eigenvalue weighted by Gasteiger charge is -2.23. The van der Waals surface area contributed by atoms with Crippen molar-refractivity contribution in [1.29, 1.82) is 0 Å². The van der Waals surface area contributed by atoms with Crippen LogP contribution >= 0.6 is 11.6 Å². The summed E-state index contributed by atoms with van der Waals surface area (Å²) in [5.74, 6) is 0.701. The Morgan fingerprint density at radius 2 is 2.20 bits per heavy atom. The molecule has 0 amide bonds. The highest BCUT2D eigenvalue weighted by molar-refractivity contribution is 6.33. The molecule has 0 radical (unpaired) electrons. The minimum Gasteiger partial charge on any atom is -0.397 e. The van der Waals surface area contributed by atoms with Gasteiger partial charge in [-0.05, 0) is 17.9 Å². The van der Waals surface area contributed by atoms with Crippen LogP contribution in [0.3, 0.4) is 0 Å². The van der Waals surface area contributed by atoms with Gasteiger partial charge in [-0.3, -0.25) is 0 Å². The number of aromatic nitrogens is 1. The van der Waals surface area contributed by atoms with E-state index in [1.165, 1.54) is 0 Å². The van der Waals surface area contributed by atoms with Gasteiger partial charge in [0.05, 0.1) is 16.9 Å². The molecule has 0 saturated heterocycles. The Labute approximate surface area is 96.0 Å². The number of nitrogens with zero attached hydrogens (tertiary/aromatic N) is 1. The summed E-state index contributed by atoms with van der Waals surface area (Å²) < 4.78 is 0. The fourth-order valence-electron chi connectivity index (χ4n) is 1.03. The summed E-state index contributed by atoms with van der Waals surface area (Å²) in [6, 6.07) is 1.70. The molecule has 3 nitrogen and oxygen atoms in total. The smallest absolute Gasteiger partial charge is 0.144 e. The number of anilines is 2. The van der Waals surface area contributed by atoms with Gasteiger partial charge in [-0.15, -0.1) is 0 Å². The first-order valence-electron chi connectivity index (χ1n) is 5.09. The van der Waals surface area contributed by atoms with Gasteiger partial charge in [0, 0.05) is 6.54 Å². The summed E-state index contributed by atoms with van der Waals surface area (Å²) >= 11 is 6.00. The molecule has 15 heavy (non-hydrogen) atoms. The third-order valence-electron chi connectivity index (χ3n) is 2.55. The largest absolute Gasteiger partial charge is 0.397 e. The van der Waals surface area contributed by atoms with Gasteiger partial charge < -0.3 is 11.1 Å². The molecule has 0 spiro atoms. The molecule has 0 aromatic carbocycles. The van der Waals surface area contributed by atoms with Crippen molar-refractivity contribution in [3.63, 3.8) is 0 Å². The Bertz CT molecular complexity index is 337. The van der Waals surface area contributed by atoms with E-state index < -0.39 is 0 Å². The lowest BCUT2D eigenvalue weighted by molar-refractivity contribution is 0.376. The number of halogens is 1. The Morgan fingerprint density at radius 1 is 1.53 bits per heavy atom. The second-order valence-corrected chi connectivity index (χ2v) is 4.88. The van der Waals surface area contributed by atoms with Crippen molar-refractivity contribution in [1.82, 2.24) is 4.98 Å². The maximum Gasteiger partial charge on any atom is 0.144 e. The third kappa shape index (κ3) is 3.59. The van der Waals surface area contributed by atoms with E-state index in [0.717, 1.165) is 13.0 Å². The zero-order chi connectivity index (χ0) is 11.5. The zero-order valence-electron chi connectivity index (χ0n) is 9.47. The molecule has 1 aromatic heterocycles. The molecule has 1 heterocycles. The van der Waals surface area contributed by atoms with Gasteiger partial charge in [-0.1, -0.05) is 32.4 Å². The van der Waals surface area contributed by atoms with Gasteiger partial charge in [-0.2, -0.15) is 0 Å². The lowest BCUT2D eigenvalue weighted by Crippen LogP contribution is -2.22. The van der Waals surface area contributed by atoms with E-state index in [1.807, 2.05) is 0 Å². The monoisotopic (exact) mass is 227 g/mol. The first-order chi connectivity index (χ1) is 6.94. The molecule has 0 fully saturated rings. The number of nitrogens with two attached hydrogens (primary N) is 1. The maximum atomic E-state index is 6.00. The molecule has 0 aliphatic carbocycles. The lowest BCUT2D eigenvalue weighted by atomic mass is 9.90. The number of hydrogen-bond acceptors (Lipinski definition) is 3. The van der Waals surface area contributed by atoms with E-state index in [2.05, 4.69) is 31.1 Å². The molecule has 0 aliphatic rings. The number of pyridine rings is 1. The molecule has 4 heteroatoms. The Kier molecular flexibility index (Phi) is 3.80. The van der Waals surface area contributed by atoms with Crippen LogP contribution < -0.4 is 11.1 Å². The maximum absolute atomic E-state index is 6.00. The second kappa shape index (κ2) is 4.71. The van der Waals surface area contributed by atoms with Crippen molar-refractivity contribution >= 4 is 23.1 Å². The summed E-state index contributed by atoms with van der Waals surface area (Å²) in [5.41, 5.74) is 6.39. The fourth-order valence-corrected chi connectivity index (χ4v) is 1.27. The van der Waals surface area contributed by atoms with E-state index in [4.69, 9.17) is 17.3 Å². The summed E-state index contributed by atoms with van der Waals surface area (Å²) in [7, 11) is 0. The van der Waals surface area contributed by atoms with E-state index >= 15 is 0 Å². The number of hydrogen-bond donors (Lipinski definition) is 2. The molecule has 0 atom stereocenters. The van der Waals surface area contributed by atoms with E-state index in [0.29, 0.717) is 16.5 Å². The van der Waals surface area contributed by atoms with E-state index in [9.17, 15) is 0 Å². The summed E-state index contributed by atoms with van der Waals surface area (Å²) in [5, 5.41) is 3.80. The van der Waals surface area contributed by atoms with Crippen LogP contribution in [0, 0.1) is 5.41 Å². The highest BCUT2D eigenvalue weighted by Gasteiger charge is 2.15. The minimum absolute atomic E-state index is 0.242. The number of nitrogens with one attached hydrogen (secondary N) is 1. The second-order valence-electron chi connectivity index (χ2n) is 4.47. The van der Waals surface area contributed by atoms with Gasteiger partial charge in [-0.25, -0.2) is 4.98 Å². The molecule has 84 valence electrons. The summed E-state index contributed by atoms with van der Waals surface area (Å²) in [6.45, 7) is 7.41. The molecule has 3 N–H and O–H groups in total. The standard InChI is InChI=1S/C11H18ClN3/c1-4-11(2,3)7-15-10-9(12)5-8(13)6-14-10/h5-6H,4,7,13H2,1-3H3,(H,14,15). The fraction of sp³-hybridized carbons (Fsp3) is 0.545. The average Bonchev–Trinajstić information content (AvgIpc) is 2.16. The van der Waals surface area contributed by atoms with Crippen LogP contribution in [0.2, 0.25) is 5.02 Å². The summed E-state index contributed by atoms with van der Waals surface area (Å²) in [4.78, 5) is 4.15. The average molecular weight is 228 g/mol. The molecule has 1 rings (SSSR count). The van der Waals surface area contributed by atoms with Crippen LogP contribution in [-0.2, 0) is 0 Å². The molecular weight excluding hydrogens is 210 g/mol. The van der Waals surface area contributed by atoms with Crippen molar-refractivity contribution in [2.24, 2.45) is 5.41 Å². The van der Waals surface area contributed by atoms with Gasteiger partial charge in [0.1, 0.15) is 5.82 Å². The van der Waals surface area contributed by atoms with Crippen molar-refractivity contribution < 1.29 is 0 Å². The van der Waals surface area contributed by atoms with Crippen LogP contribution in [-0.4, -0.2) is 11.5 Å². The molecule has 0 bridgehead atoms. The Morgan fingerprint density at radius 3 is 2.73 bits per heavy atom. The topological polar surface area (TPSA) is 50.9 Å². The molecular formula is C11H18ClN3. The quantitative estimate of drug-likeness (QED) is 0.831. The normalized spacial score (nSPS) is 11.5. The van der Waals surface area contributed by atoms with Crippen LogP contribution in [0.4, 0.5) is 11.5 Å². The van der Waals surface area contributed by atoms with Crippen molar-refractivity contribution in [3.8, 4) is 0 Å². The van der Waals surface area contributed by atoms with Crippen LogP contribution in [0.5, 0.6) is 0 Å². The van der Waals surface area contributed by atoms with Crippen molar-refractivity contribution in [3.05, 3.63) is 17.3 Å². The van der Waals surface area contributed by atoms with Gasteiger partial charge in [0.25, 0.3) is 0 Å². The van der Waals surface area contributed by atoms with Crippen LogP contribution in [0.15, 0.2) is 12.3 Å². The molecule has 0 unspecified atom stereocenters. The van der Waals surface area contributed by atoms with Crippen LogP contribution in [0.1, 0.15) is 27.2 Å². The highest BCUT2D eigenvalue weighted by Crippen LogP contribution is 2.24. The highest BCUT2D eigenvalue weighted by atomic mass is 35.5. The zero-order valence-corrected chi connectivity index (χ0v) is 10.2. The van der Waals surface area contributed by atoms with Gasteiger partial charge in [0.15, 0.2) is 0 Å². The van der Waals surface area contributed by atoms with E-state index in [-0.39, 0.29) is 5.41 Å². The van der Waals surface area contributed by atoms with Crippen LogP contribution in [0.25, 0.3) is 0 Å². The first kappa shape index (κ1) is 12.1. The van der Waals surface area contributed by atoms with Gasteiger partial charge >= 0.3 is 0 Å². The van der Waals surface area contributed by atoms with Gasteiger partial charge in [0.2, 0.25) is 0 Å². The minimum atomic E-state index is 0.242. The van der Waals surface area contributed by atoms with Crippen molar-refractivity contribution in [2.75, 3.05) is 17.6 Å². The molecule has 0 saturated carbocycles. The predicted octanol–water partition coefficient (Wildman–Crippen LogP) is 3.17. The molecule has 0 aliphatic heterocycles. The molecule has 1 aromatic rings. The van der Waals surface area contributed by atoms with E-state index in [1.54, 1.807) is 12.3 Å². The first-order valence-corrected chi connectivity index (χ1v) is 5.47. The van der Waals surface area contributed by atoms with Crippen molar-refractivity contribution in [2.45, 2.75) is 27.2 Å². The Balaban J connectivity index is 2.66. The third-order valence-corrected chi connectivity index (χ3v) is 2.84.